The number of rotatable bonds is 2. The molecule has 5 rings (SSSR count). The van der Waals surface area contributed by atoms with Crippen LogP contribution in [0.5, 0.6) is 5.88 Å². The number of hydrogen-bond donors (Lipinski definition) is 0. The minimum atomic E-state index is -0.808. The van der Waals surface area contributed by atoms with Crippen LogP contribution in [0.25, 0.3) is 0 Å². The molecule has 0 radical (unpaired) electrons. The number of allylic oxidation sites excluding steroid dienone is 2. The summed E-state index contributed by atoms with van der Waals surface area (Å²) in [7, 11) is 1.31. The molecule has 5 atom stereocenters. The predicted molar refractivity (Wildman–Crippen MR) is 143 cm³/mol. The molecule has 1 aromatic heterocycles. The normalized spacial score (nSPS) is 31.4. The largest absolute Gasteiger partial charge is 0.473 e. The van der Waals surface area contributed by atoms with E-state index in [-0.39, 0.29) is 48.8 Å². The number of pyridine rings is 1. The minimum Gasteiger partial charge on any atom is -0.473 e. The van der Waals surface area contributed by atoms with E-state index in [1.807, 2.05) is 6.08 Å². The monoisotopic (exact) mass is 540 g/mol. The second kappa shape index (κ2) is 12.4. The topological polar surface area (TPSA) is 104 Å². The number of fused-ring (bicyclic) bond motifs is 4. The van der Waals surface area contributed by atoms with Crippen molar-refractivity contribution in [2.24, 2.45) is 17.8 Å². The highest BCUT2D eigenvalue weighted by molar-refractivity contribution is 5.89. The van der Waals surface area contributed by atoms with Crippen LogP contribution in [-0.2, 0) is 30.4 Å². The molecule has 9 heteroatoms. The van der Waals surface area contributed by atoms with Gasteiger partial charge in [-0.3, -0.25) is 19.0 Å². The fourth-order valence-corrected chi connectivity index (χ4v) is 6.96. The van der Waals surface area contributed by atoms with Crippen LogP contribution in [0.3, 0.4) is 0 Å². The van der Waals surface area contributed by atoms with E-state index in [1.165, 1.54) is 13.2 Å². The first kappa shape index (κ1) is 27.5. The van der Waals surface area contributed by atoms with Crippen LogP contribution in [0.15, 0.2) is 35.1 Å². The first-order valence-electron chi connectivity index (χ1n) is 14.5. The van der Waals surface area contributed by atoms with Crippen molar-refractivity contribution in [2.45, 2.75) is 95.4 Å². The molecule has 0 aromatic carbocycles. The molecular formula is C30H40N2O7. The number of nitrogens with zero attached hydrogens (tertiary/aromatic N) is 2. The third kappa shape index (κ3) is 6.23. The molecule has 9 nitrogen and oxygen atoms in total. The molecule has 2 aliphatic heterocycles. The van der Waals surface area contributed by atoms with Gasteiger partial charge in [0.1, 0.15) is 18.2 Å². The Hall–Kier alpha value is -3.10. The summed E-state index contributed by atoms with van der Waals surface area (Å²) in [5.74, 6) is -0.792. The van der Waals surface area contributed by atoms with E-state index in [4.69, 9.17) is 14.2 Å². The lowest BCUT2D eigenvalue weighted by atomic mass is 9.86. The quantitative estimate of drug-likeness (QED) is 0.417. The number of methoxy groups -OCH3 is 1. The van der Waals surface area contributed by atoms with Gasteiger partial charge in [-0.05, 0) is 62.8 Å². The average Bonchev–Trinajstić information content (AvgIpc) is 3.69. The molecule has 2 bridgehead atoms. The molecule has 2 saturated carbocycles. The average molecular weight is 541 g/mol. The van der Waals surface area contributed by atoms with Crippen LogP contribution in [0.2, 0.25) is 0 Å². The number of ether oxygens (including phenoxy) is 3. The number of hydrogen-bond acceptors (Lipinski definition) is 7. The van der Waals surface area contributed by atoms with E-state index < -0.39 is 24.0 Å². The Kier molecular flexibility index (Phi) is 8.72. The van der Waals surface area contributed by atoms with Gasteiger partial charge >= 0.3 is 11.9 Å². The molecule has 0 N–H and O–H groups in total. The molecule has 3 fully saturated rings. The van der Waals surface area contributed by atoms with Crippen molar-refractivity contribution in [2.75, 3.05) is 13.7 Å². The van der Waals surface area contributed by atoms with E-state index in [0.29, 0.717) is 18.3 Å². The second-order valence-electron chi connectivity index (χ2n) is 11.4. The van der Waals surface area contributed by atoms with Gasteiger partial charge in [-0.1, -0.05) is 31.1 Å². The van der Waals surface area contributed by atoms with Gasteiger partial charge in [-0.25, -0.2) is 4.79 Å². The smallest absolute Gasteiger partial charge is 0.328 e. The number of carbonyl (C=O) groups is 3. The second-order valence-corrected chi connectivity index (χ2v) is 11.4. The molecule has 4 aliphatic rings. The van der Waals surface area contributed by atoms with Gasteiger partial charge in [0.2, 0.25) is 5.91 Å². The Morgan fingerprint density at radius 1 is 0.949 bits per heavy atom. The summed E-state index contributed by atoms with van der Waals surface area (Å²) >= 11 is 0. The standard InChI is InChI=1S/C30H40N2O7/c1-37-30(36)24-17-22-19-32(24)29(35)23(20-9-4-5-10-20)18-28(34)39-25-13-7-12-21(25)11-3-2-6-16-31-26(33)14-8-15-27(31)38-22/h2,6,8,14-15,20-25H,3-5,7,9-13,16-19H2,1H3/b6-2+/t21-,22-,23+,24+,25-/m1/s1. The molecule has 1 aromatic rings. The Labute approximate surface area is 229 Å². The van der Waals surface area contributed by atoms with Crippen molar-refractivity contribution in [1.29, 1.82) is 0 Å². The Morgan fingerprint density at radius 3 is 2.54 bits per heavy atom. The highest BCUT2D eigenvalue weighted by atomic mass is 16.5. The van der Waals surface area contributed by atoms with E-state index in [9.17, 15) is 19.2 Å². The van der Waals surface area contributed by atoms with Crippen LogP contribution in [0.1, 0.15) is 70.6 Å². The number of carbonyl (C=O) groups excluding carboxylic acids is 3. The van der Waals surface area contributed by atoms with Crippen molar-refractivity contribution >= 4 is 17.8 Å². The zero-order chi connectivity index (χ0) is 27.4. The third-order valence-electron chi connectivity index (χ3n) is 9.02. The van der Waals surface area contributed by atoms with E-state index >= 15 is 0 Å². The molecular weight excluding hydrogens is 500 g/mol. The molecule has 1 saturated heterocycles. The summed E-state index contributed by atoms with van der Waals surface area (Å²) < 4.78 is 18.9. The summed E-state index contributed by atoms with van der Waals surface area (Å²) in [5.41, 5.74) is -0.175. The molecule has 3 heterocycles. The SMILES string of the molecule is COC(=O)[C@@H]1C[C@@H]2CN1C(=O)[C@H](C1CCCC1)CC(=O)O[C@@H]1CCC[C@H]1CC/C=C/Cn1c(cccc1=O)O2. The van der Waals surface area contributed by atoms with Gasteiger partial charge in [0.05, 0.1) is 26.0 Å². The third-order valence-corrected chi connectivity index (χ3v) is 9.02. The number of amides is 1. The van der Waals surface area contributed by atoms with Crippen LogP contribution in [0.4, 0.5) is 0 Å². The lowest BCUT2D eigenvalue weighted by Gasteiger charge is -2.30. The summed E-state index contributed by atoms with van der Waals surface area (Å²) in [6.45, 7) is 0.540. The van der Waals surface area contributed by atoms with Crippen LogP contribution >= 0.6 is 0 Å². The van der Waals surface area contributed by atoms with Gasteiger partial charge in [0, 0.05) is 19.0 Å². The van der Waals surface area contributed by atoms with E-state index in [1.54, 1.807) is 21.6 Å². The van der Waals surface area contributed by atoms with Crippen LogP contribution < -0.4 is 10.3 Å². The Balaban J connectivity index is 1.47. The van der Waals surface area contributed by atoms with Crippen molar-refractivity contribution in [1.82, 2.24) is 9.47 Å². The summed E-state index contributed by atoms with van der Waals surface area (Å²) in [4.78, 5) is 54.3. The molecule has 39 heavy (non-hydrogen) atoms. The zero-order valence-electron chi connectivity index (χ0n) is 22.8. The van der Waals surface area contributed by atoms with Crippen molar-refractivity contribution in [3.05, 3.63) is 40.7 Å². The lowest BCUT2D eigenvalue weighted by molar-refractivity contribution is -0.158. The Bertz CT molecular complexity index is 1140. The number of esters is 2. The van der Waals surface area contributed by atoms with Gasteiger partial charge in [0.25, 0.3) is 5.56 Å². The predicted octanol–water partition coefficient (Wildman–Crippen LogP) is 3.63. The van der Waals surface area contributed by atoms with E-state index in [2.05, 4.69) is 6.08 Å². The minimum absolute atomic E-state index is 0.0285. The summed E-state index contributed by atoms with van der Waals surface area (Å²) in [6, 6.07) is 4.09. The first-order chi connectivity index (χ1) is 18.9. The van der Waals surface area contributed by atoms with E-state index in [0.717, 1.165) is 57.8 Å². The molecule has 212 valence electrons. The summed E-state index contributed by atoms with van der Waals surface area (Å²) in [5, 5.41) is 0. The lowest BCUT2D eigenvalue weighted by Crippen LogP contribution is -2.46. The van der Waals surface area contributed by atoms with Gasteiger partial charge in [-0.15, -0.1) is 0 Å². The zero-order valence-corrected chi connectivity index (χ0v) is 22.8. The van der Waals surface area contributed by atoms with Gasteiger partial charge < -0.3 is 19.1 Å². The fourth-order valence-electron chi connectivity index (χ4n) is 6.96. The maximum absolute atomic E-state index is 14.1. The summed E-state index contributed by atoms with van der Waals surface area (Å²) in [6.07, 6.45) is 12.1. The highest BCUT2D eigenvalue weighted by Crippen LogP contribution is 2.38. The Morgan fingerprint density at radius 2 is 1.74 bits per heavy atom. The van der Waals surface area contributed by atoms with Crippen molar-refractivity contribution in [3.8, 4) is 5.88 Å². The van der Waals surface area contributed by atoms with Crippen molar-refractivity contribution < 1.29 is 28.6 Å². The van der Waals surface area contributed by atoms with Gasteiger partial charge in [-0.2, -0.15) is 0 Å². The van der Waals surface area contributed by atoms with Crippen LogP contribution in [0, 0.1) is 17.8 Å². The highest BCUT2D eigenvalue weighted by Gasteiger charge is 2.46. The van der Waals surface area contributed by atoms with Gasteiger partial charge in [0.15, 0.2) is 5.88 Å². The molecule has 0 unspecified atom stereocenters. The molecule has 2 aliphatic carbocycles. The van der Waals surface area contributed by atoms with Crippen molar-refractivity contribution in [3.63, 3.8) is 0 Å². The molecule has 1 amide bonds. The maximum atomic E-state index is 14.1. The fraction of sp³-hybridized carbons (Fsp3) is 0.667. The maximum Gasteiger partial charge on any atom is 0.328 e. The van der Waals surface area contributed by atoms with Crippen LogP contribution in [-0.4, -0.2) is 59.2 Å². The number of aromatic nitrogens is 1. The molecule has 0 spiro atoms. The first-order valence-corrected chi connectivity index (χ1v) is 14.5.